The third-order valence-corrected chi connectivity index (χ3v) is 3.09. The van der Waals surface area contributed by atoms with Crippen molar-refractivity contribution in [2.24, 2.45) is 11.7 Å². The molecule has 2 aromatic heterocycles. The van der Waals surface area contributed by atoms with Gasteiger partial charge in [-0.15, -0.1) is 11.3 Å². The number of nitrogens with zero attached hydrogens (tertiary/aromatic N) is 2. The van der Waals surface area contributed by atoms with Crippen molar-refractivity contribution >= 4 is 11.3 Å². The minimum absolute atomic E-state index is 0.166. The quantitative estimate of drug-likeness (QED) is 0.888. The summed E-state index contributed by atoms with van der Waals surface area (Å²) in [4.78, 5) is 5.32. The Kier molecular flexibility index (Phi) is 3.36. The van der Waals surface area contributed by atoms with Gasteiger partial charge in [-0.25, -0.2) is 0 Å². The Labute approximate surface area is 98.5 Å². The zero-order valence-electron chi connectivity index (χ0n) is 9.38. The van der Waals surface area contributed by atoms with Gasteiger partial charge in [0.2, 0.25) is 11.7 Å². The van der Waals surface area contributed by atoms with Crippen LogP contribution in [0, 0.1) is 5.92 Å². The lowest BCUT2D eigenvalue weighted by molar-refractivity contribution is 0.335. The number of nitrogens with two attached hydrogens (primary N) is 1. The van der Waals surface area contributed by atoms with Crippen LogP contribution < -0.4 is 5.73 Å². The summed E-state index contributed by atoms with van der Waals surface area (Å²) in [5, 5.41) is 5.92. The fourth-order valence-corrected chi connectivity index (χ4v) is 2.15. The Balaban J connectivity index is 2.13. The number of thiophene rings is 1. The van der Waals surface area contributed by atoms with Crippen molar-refractivity contribution in [3.8, 4) is 10.7 Å². The van der Waals surface area contributed by atoms with E-state index in [0.29, 0.717) is 17.6 Å². The van der Waals surface area contributed by atoms with E-state index in [0.717, 1.165) is 11.3 Å². The van der Waals surface area contributed by atoms with E-state index in [9.17, 15) is 0 Å². The van der Waals surface area contributed by atoms with Gasteiger partial charge in [-0.05, 0) is 23.8 Å². The minimum atomic E-state index is -0.166. The van der Waals surface area contributed by atoms with Gasteiger partial charge in [0.25, 0.3) is 0 Å². The van der Waals surface area contributed by atoms with E-state index in [-0.39, 0.29) is 6.04 Å². The molecule has 0 saturated carbocycles. The first kappa shape index (κ1) is 11.3. The summed E-state index contributed by atoms with van der Waals surface area (Å²) in [5.41, 5.74) is 5.97. The zero-order chi connectivity index (χ0) is 11.5. The molecule has 0 aliphatic carbocycles. The molecule has 0 aromatic carbocycles. The lowest BCUT2D eigenvalue weighted by Gasteiger charge is -2.08. The number of hydrogen-bond acceptors (Lipinski definition) is 5. The van der Waals surface area contributed by atoms with Crippen molar-refractivity contribution in [2.75, 3.05) is 0 Å². The maximum Gasteiger partial charge on any atom is 0.243 e. The van der Waals surface area contributed by atoms with Crippen molar-refractivity contribution in [3.63, 3.8) is 0 Å². The SMILES string of the molecule is CC(C)C[C@H](N)c1nc(-c2cccs2)no1. The summed E-state index contributed by atoms with van der Waals surface area (Å²) in [6, 6.07) is 3.76. The highest BCUT2D eigenvalue weighted by atomic mass is 32.1. The van der Waals surface area contributed by atoms with Crippen LogP contribution in [0.1, 0.15) is 32.2 Å². The first-order valence-electron chi connectivity index (χ1n) is 5.30. The third kappa shape index (κ3) is 2.48. The second-order valence-corrected chi connectivity index (χ2v) is 5.12. The topological polar surface area (TPSA) is 64.9 Å². The van der Waals surface area contributed by atoms with E-state index in [1.54, 1.807) is 11.3 Å². The third-order valence-electron chi connectivity index (χ3n) is 2.23. The minimum Gasteiger partial charge on any atom is -0.337 e. The van der Waals surface area contributed by atoms with Crippen LogP contribution in [-0.4, -0.2) is 10.1 Å². The van der Waals surface area contributed by atoms with Crippen LogP contribution in [0.15, 0.2) is 22.0 Å². The normalized spacial score (nSPS) is 13.2. The van der Waals surface area contributed by atoms with Gasteiger partial charge in [-0.3, -0.25) is 0 Å². The second-order valence-electron chi connectivity index (χ2n) is 4.17. The standard InChI is InChI=1S/C11H15N3OS/c1-7(2)6-8(12)11-13-10(14-15-11)9-4-3-5-16-9/h3-5,7-8H,6,12H2,1-2H3/t8-/m0/s1. The largest absolute Gasteiger partial charge is 0.337 e. The molecular formula is C11H15N3OS. The lowest BCUT2D eigenvalue weighted by atomic mass is 10.0. The van der Waals surface area contributed by atoms with Gasteiger partial charge in [0, 0.05) is 0 Å². The number of hydrogen-bond donors (Lipinski definition) is 1. The maximum absolute atomic E-state index is 5.97. The molecule has 86 valence electrons. The Morgan fingerprint density at radius 1 is 1.50 bits per heavy atom. The molecule has 0 unspecified atom stereocenters. The fourth-order valence-electron chi connectivity index (χ4n) is 1.50. The zero-order valence-corrected chi connectivity index (χ0v) is 10.2. The molecule has 2 heterocycles. The summed E-state index contributed by atoms with van der Waals surface area (Å²) >= 11 is 1.59. The van der Waals surface area contributed by atoms with Crippen LogP contribution in [0.3, 0.4) is 0 Å². The van der Waals surface area contributed by atoms with Crippen LogP contribution in [0.5, 0.6) is 0 Å². The first-order chi connectivity index (χ1) is 7.66. The average Bonchev–Trinajstić information content (AvgIpc) is 2.87. The van der Waals surface area contributed by atoms with Crippen molar-refractivity contribution < 1.29 is 4.52 Å². The molecule has 0 fully saturated rings. The summed E-state index contributed by atoms with van der Waals surface area (Å²) in [7, 11) is 0. The highest BCUT2D eigenvalue weighted by Gasteiger charge is 2.16. The Hall–Kier alpha value is -1.20. The molecule has 2 aromatic rings. The molecule has 0 spiro atoms. The maximum atomic E-state index is 5.97. The molecule has 0 aliphatic rings. The van der Waals surface area contributed by atoms with Crippen LogP contribution in [0.2, 0.25) is 0 Å². The molecule has 5 heteroatoms. The fraction of sp³-hybridized carbons (Fsp3) is 0.455. The van der Waals surface area contributed by atoms with Gasteiger partial charge < -0.3 is 10.3 Å². The highest BCUT2D eigenvalue weighted by Crippen LogP contribution is 2.24. The molecule has 0 radical (unpaired) electrons. The molecule has 2 N–H and O–H groups in total. The molecule has 0 bridgehead atoms. The molecule has 4 nitrogen and oxygen atoms in total. The predicted molar refractivity (Wildman–Crippen MR) is 64.0 cm³/mol. The van der Waals surface area contributed by atoms with Crippen LogP contribution >= 0.6 is 11.3 Å². The predicted octanol–water partition coefficient (Wildman–Crippen LogP) is 2.84. The van der Waals surface area contributed by atoms with E-state index in [2.05, 4.69) is 24.0 Å². The lowest BCUT2D eigenvalue weighted by Crippen LogP contribution is -2.13. The Morgan fingerprint density at radius 3 is 2.94 bits per heavy atom. The first-order valence-corrected chi connectivity index (χ1v) is 6.18. The van der Waals surface area contributed by atoms with Crippen molar-refractivity contribution in [3.05, 3.63) is 23.4 Å². The molecule has 0 saturated heterocycles. The molecule has 2 rings (SSSR count). The molecule has 0 amide bonds. The van der Waals surface area contributed by atoms with E-state index in [4.69, 9.17) is 10.3 Å². The van der Waals surface area contributed by atoms with Gasteiger partial charge in [0.15, 0.2) is 0 Å². The molecule has 0 aliphatic heterocycles. The Bertz CT molecular complexity index is 436. The summed E-state index contributed by atoms with van der Waals surface area (Å²) < 4.78 is 5.17. The van der Waals surface area contributed by atoms with Gasteiger partial charge in [-0.2, -0.15) is 4.98 Å². The van der Waals surface area contributed by atoms with Gasteiger partial charge in [0.1, 0.15) is 0 Å². The Morgan fingerprint density at radius 2 is 2.31 bits per heavy atom. The van der Waals surface area contributed by atoms with Crippen molar-refractivity contribution in [2.45, 2.75) is 26.3 Å². The highest BCUT2D eigenvalue weighted by molar-refractivity contribution is 7.13. The van der Waals surface area contributed by atoms with E-state index < -0.39 is 0 Å². The average molecular weight is 237 g/mol. The molecular weight excluding hydrogens is 222 g/mol. The second kappa shape index (κ2) is 4.76. The smallest absolute Gasteiger partial charge is 0.243 e. The number of aromatic nitrogens is 2. The van der Waals surface area contributed by atoms with Crippen LogP contribution in [0.4, 0.5) is 0 Å². The summed E-state index contributed by atoms with van der Waals surface area (Å²) in [6.45, 7) is 4.24. The monoisotopic (exact) mass is 237 g/mol. The van der Waals surface area contributed by atoms with E-state index >= 15 is 0 Å². The molecule has 16 heavy (non-hydrogen) atoms. The molecule has 1 atom stereocenters. The van der Waals surface area contributed by atoms with Crippen LogP contribution in [0.25, 0.3) is 10.7 Å². The summed E-state index contributed by atoms with van der Waals surface area (Å²) in [5.74, 6) is 1.67. The van der Waals surface area contributed by atoms with Gasteiger partial charge >= 0.3 is 0 Å². The van der Waals surface area contributed by atoms with Gasteiger partial charge in [-0.1, -0.05) is 25.1 Å². The summed E-state index contributed by atoms with van der Waals surface area (Å²) in [6.07, 6.45) is 0.853. The van der Waals surface area contributed by atoms with E-state index in [1.165, 1.54) is 0 Å². The van der Waals surface area contributed by atoms with Crippen molar-refractivity contribution in [1.29, 1.82) is 0 Å². The van der Waals surface area contributed by atoms with Gasteiger partial charge in [0.05, 0.1) is 10.9 Å². The van der Waals surface area contributed by atoms with Crippen LogP contribution in [-0.2, 0) is 0 Å². The number of rotatable bonds is 4. The van der Waals surface area contributed by atoms with E-state index in [1.807, 2.05) is 17.5 Å². The van der Waals surface area contributed by atoms with Crippen molar-refractivity contribution in [1.82, 2.24) is 10.1 Å².